The summed E-state index contributed by atoms with van der Waals surface area (Å²) in [5.41, 5.74) is -4.25. The van der Waals surface area contributed by atoms with Gasteiger partial charge in [-0.3, -0.25) is 9.35 Å². The molecule has 6 heteroatoms. The molecule has 1 amide bonds. The molecule has 0 fully saturated rings. The van der Waals surface area contributed by atoms with E-state index in [1.165, 1.54) is 0 Å². The molecule has 66 valence electrons. The first-order valence-corrected chi connectivity index (χ1v) is 3.56. The fraction of sp³-hybridized carbons (Fsp3) is 0.800. The number of carbonyl (C=O) groups is 1. The van der Waals surface area contributed by atoms with Crippen molar-refractivity contribution in [3.63, 3.8) is 0 Å². The Balaban J connectivity index is 5.97. The Morgan fingerprint density at radius 1 is 1.91 bits per heavy atom. The molecule has 0 atom stereocenters. The standard InChI is InChI=1S/C5H11NO4S/c1-5(7)6-3-2-4-11(8,9)10/h2-4H2,1H3,(H,6,7)(H,8,9,10)/i1D3,2D2,3D2,4D2/hD. The quantitative estimate of drug-likeness (QED) is 0.581. The van der Waals surface area contributed by atoms with E-state index in [2.05, 4.69) is 0 Å². The van der Waals surface area contributed by atoms with Crippen LogP contribution in [0.2, 0.25) is 1.41 Å². The van der Waals surface area contributed by atoms with Crippen LogP contribution < -0.4 is 5.31 Å². The molecule has 11 heavy (non-hydrogen) atoms. The Hall–Kier alpha value is -0.620. The van der Waals surface area contributed by atoms with Crippen molar-refractivity contribution in [1.29, 1.82) is 0 Å². The SMILES string of the molecule is [2H]N(C(=O)C([2H])([2H])[2H])C([2H])([2H])C([2H])([2H])C([2H])([2H])S(=O)(=O)O. The van der Waals surface area contributed by atoms with Crippen molar-refractivity contribution in [3.05, 3.63) is 0 Å². The highest BCUT2D eigenvalue weighted by molar-refractivity contribution is 7.85. The van der Waals surface area contributed by atoms with E-state index in [0.717, 1.165) is 0 Å². The lowest BCUT2D eigenvalue weighted by Crippen LogP contribution is -2.22. The summed E-state index contributed by atoms with van der Waals surface area (Å²) in [7, 11) is -5.78. The molecule has 0 aromatic heterocycles. The van der Waals surface area contributed by atoms with Gasteiger partial charge in [-0.2, -0.15) is 8.42 Å². The summed E-state index contributed by atoms with van der Waals surface area (Å²) in [6.45, 7) is -7.55. The molecule has 0 unspecified atom stereocenters. The molecule has 0 spiro atoms. The van der Waals surface area contributed by atoms with Crippen molar-refractivity contribution in [3.8, 4) is 0 Å². The lowest BCUT2D eigenvalue weighted by Gasteiger charge is -1.98. The Kier molecular flexibility index (Phi) is 0.950. The average molecular weight is 191 g/mol. The molecule has 5 nitrogen and oxygen atoms in total. The van der Waals surface area contributed by atoms with Gasteiger partial charge in [0, 0.05) is 25.7 Å². The van der Waals surface area contributed by atoms with Crippen molar-refractivity contribution in [2.75, 3.05) is 12.2 Å². The number of hydrogen-bond donors (Lipinski definition) is 2. The Labute approximate surface area is 79.6 Å². The Morgan fingerprint density at radius 3 is 3.00 bits per heavy atom. The van der Waals surface area contributed by atoms with Crippen molar-refractivity contribution in [1.82, 2.24) is 5.31 Å². The predicted molar refractivity (Wildman–Crippen MR) is 39.7 cm³/mol. The van der Waals surface area contributed by atoms with Crippen LogP contribution in [0.3, 0.4) is 0 Å². The van der Waals surface area contributed by atoms with Gasteiger partial charge in [-0.25, -0.2) is 0 Å². The van der Waals surface area contributed by atoms with E-state index in [9.17, 15) is 13.2 Å². The van der Waals surface area contributed by atoms with Gasteiger partial charge in [-0.05, 0) is 6.37 Å². The fourth-order valence-electron chi connectivity index (χ4n) is 0.166. The lowest BCUT2D eigenvalue weighted by atomic mass is 10.5. The molecule has 0 heterocycles. The molecule has 0 bridgehead atoms. The number of nitrogens with one attached hydrogen (secondary N) is 1. The van der Waals surface area contributed by atoms with Crippen molar-refractivity contribution < 1.29 is 31.5 Å². The Morgan fingerprint density at radius 2 is 2.55 bits per heavy atom. The summed E-state index contributed by atoms with van der Waals surface area (Å²) in [5.74, 6) is -2.19. The number of rotatable bonds is 4. The zero-order valence-corrected chi connectivity index (χ0v) is 5.84. The second-order valence-electron chi connectivity index (χ2n) is 1.23. The van der Waals surface area contributed by atoms with Gasteiger partial charge in [0.05, 0.1) is 5.70 Å². The highest BCUT2D eigenvalue weighted by Gasteiger charge is 2.02. The highest BCUT2D eigenvalue weighted by atomic mass is 32.2. The van der Waals surface area contributed by atoms with Gasteiger partial charge in [-0.1, -0.05) is 0 Å². The normalized spacial score (nSPS) is 29.5. The molecule has 0 aromatic rings. The first kappa shape index (κ1) is 2.43. The summed E-state index contributed by atoms with van der Waals surface area (Å²) < 4.78 is 100. The minimum atomic E-state index is -5.78. The van der Waals surface area contributed by atoms with E-state index < -0.39 is 46.8 Å². The molecule has 0 aliphatic carbocycles. The fourth-order valence-corrected chi connectivity index (χ4v) is 0.341. The van der Waals surface area contributed by atoms with Crippen LogP contribution in [0.5, 0.6) is 0 Å². The number of hydrogen-bond acceptors (Lipinski definition) is 3. The molecule has 2 N–H and O–H groups in total. The van der Waals surface area contributed by atoms with Gasteiger partial charge in [0.25, 0.3) is 10.1 Å². The third-order valence-electron chi connectivity index (χ3n) is 0.393. The van der Waals surface area contributed by atoms with Gasteiger partial charge in [0.2, 0.25) is 5.91 Å². The molecule has 0 rings (SSSR count). The van der Waals surface area contributed by atoms with Gasteiger partial charge in [-0.15, -0.1) is 0 Å². The minimum Gasteiger partial charge on any atom is -0.356 e. The Bertz CT molecular complexity index is 524. The molecular formula is C5H11NO4S. The third-order valence-corrected chi connectivity index (χ3v) is 0.753. The minimum absolute atomic E-state index is 1.01. The second kappa shape index (κ2) is 4.30. The van der Waals surface area contributed by atoms with E-state index in [-0.39, 0.29) is 0 Å². The van der Waals surface area contributed by atoms with Crippen molar-refractivity contribution in [2.45, 2.75) is 13.2 Å². The van der Waals surface area contributed by atoms with E-state index in [4.69, 9.17) is 18.3 Å². The van der Waals surface area contributed by atoms with Crippen LogP contribution >= 0.6 is 0 Å². The van der Waals surface area contributed by atoms with Crippen LogP contribution in [0.25, 0.3) is 0 Å². The topological polar surface area (TPSA) is 83.5 Å². The van der Waals surface area contributed by atoms with Gasteiger partial charge in [0.1, 0.15) is 0 Å². The second-order valence-corrected chi connectivity index (χ2v) is 2.39. The van der Waals surface area contributed by atoms with E-state index in [1.54, 1.807) is 0 Å². The lowest BCUT2D eigenvalue weighted by molar-refractivity contribution is -0.118. The van der Waals surface area contributed by atoms with E-state index >= 15 is 0 Å². The molecule has 0 aliphatic heterocycles. The largest absolute Gasteiger partial charge is 0.356 e. The zero-order chi connectivity index (χ0) is 17.7. The number of amides is 1. The first-order chi connectivity index (χ1) is 8.82. The van der Waals surface area contributed by atoms with Gasteiger partial charge in [0.15, 0.2) is 1.41 Å². The molecule has 0 radical (unpaired) electrons. The van der Waals surface area contributed by atoms with E-state index in [1.807, 2.05) is 0 Å². The monoisotopic (exact) mass is 191 g/mol. The first-order valence-electron chi connectivity index (χ1n) is 7.07. The third kappa shape index (κ3) is 9.38. The summed E-state index contributed by atoms with van der Waals surface area (Å²) >= 11 is 0. The van der Waals surface area contributed by atoms with Crippen LogP contribution in [0, 0.1) is 0 Å². The number of carbonyl (C=O) groups excluding carboxylic acids is 1. The maximum absolute atomic E-state index is 11.3. The van der Waals surface area contributed by atoms with Crippen molar-refractivity contribution >= 4 is 16.0 Å². The molecule has 0 aliphatic rings. The smallest absolute Gasteiger partial charge is 0.264 e. The summed E-state index contributed by atoms with van der Waals surface area (Å²) in [5, 5.41) is -1.01. The maximum atomic E-state index is 11.3. The van der Waals surface area contributed by atoms with Crippen LogP contribution in [0.4, 0.5) is 0 Å². The van der Waals surface area contributed by atoms with Crippen LogP contribution in [0.1, 0.15) is 25.6 Å². The summed E-state index contributed by atoms with van der Waals surface area (Å²) in [4.78, 5) is 11.3. The summed E-state index contributed by atoms with van der Waals surface area (Å²) in [6, 6.07) is 0. The maximum Gasteiger partial charge on any atom is 0.264 e. The predicted octanol–water partition coefficient (Wildman–Crippen LogP) is -0.600. The van der Waals surface area contributed by atoms with Crippen LogP contribution in [0.15, 0.2) is 0 Å². The molecule has 0 saturated heterocycles. The van der Waals surface area contributed by atoms with Crippen LogP contribution in [-0.2, 0) is 14.9 Å². The highest BCUT2D eigenvalue weighted by Crippen LogP contribution is 1.85. The van der Waals surface area contributed by atoms with E-state index in [0.29, 0.717) is 0 Å². The zero-order valence-electron chi connectivity index (χ0n) is 15.0. The van der Waals surface area contributed by atoms with Gasteiger partial charge >= 0.3 is 0 Å². The average Bonchev–Trinajstić information content (AvgIpc) is 2.23. The molecular weight excluding hydrogens is 170 g/mol. The summed E-state index contributed by atoms with van der Waals surface area (Å²) in [6.07, 6.45) is -4.16. The van der Waals surface area contributed by atoms with Crippen molar-refractivity contribution in [2.24, 2.45) is 0 Å². The van der Waals surface area contributed by atoms with Crippen LogP contribution in [-0.4, -0.2) is 31.1 Å². The molecule has 0 saturated carbocycles. The van der Waals surface area contributed by atoms with Gasteiger partial charge < -0.3 is 5.31 Å². The molecule has 0 aromatic carbocycles.